The van der Waals surface area contributed by atoms with Gasteiger partial charge in [-0.2, -0.15) is 5.10 Å². The molecule has 1 amide bonds. The van der Waals surface area contributed by atoms with Crippen molar-refractivity contribution in [1.82, 2.24) is 14.8 Å². The quantitative estimate of drug-likeness (QED) is 0.747. The van der Waals surface area contributed by atoms with Gasteiger partial charge >= 0.3 is 0 Å². The van der Waals surface area contributed by atoms with Crippen LogP contribution in [0.25, 0.3) is 0 Å². The summed E-state index contributed by atoms with van der Waals surface area (Å²) in [6.07, 6.45) is 3.14. The highest BCUT2D eigenvalue weighted by atomic mass is 16.5. The Balaban J connectivity index is 1.71. The average molecular weight is 338 g/mol. The Hall–Kier alpha value is -3.35. The number of benzene rings is 2. The highest BCUT2D eigenvalue weighted by Crippen LogP contribution is 2.29. The normalized spacial score (nSPS) is 10.3. The summed E-state index contributed by atoms with van der Waals surface area (Å²) in [5, 5.41) is 6.91. The van der Waals surface area contributed by atoms with Crippen LogP contribution in [0.1, 0.15) is 15.9 Å². The number of carbonyl (C=O) groups excluding carboxylic acids is 1. The molecule has 0 aliphatic rings. The van der Waals surface area contributed by atoms with Crippen LogP contribution in [0.3, 0.4) is 0 Å². The molecule has 0 spiro atoms. The van der Waals surface area contributed by atoms with Crippen molar-refractivity contribution in [3.8, 4) is 11.5 Å². The van der Waals surface area contributed by atoms with E-state index >= 15 is 0 Å². The molecule has 25 heavy (non-hydrogen) atoms. The van der Waals surface area contributed by atoms with Crippen LogP contribution in [0.15, 0.2) is 55.1 Å². The van der Waals surface area contributed by atoms with Gasteiger partial charge in [-0.25, -0.2) is 9.67 Å². The zero-order valence-corrected chi connectivity index (χ0v) is 14.0. The van der Waals surface area contributed by atoms with E-state index in [1.165, 1.54) is 6.33 Å². The van der Waals surface area contributed by atoms with Crippen LogP contribution < -0.4 is 14.8 Å². The lowest BCUT2D eigenvalue weighted by atomic mass is 10.1. The maximum Gasteiger partial charge on any atom is 0.255 e. The lowest BCUT2D eigenvalue weighted by Crippen LogP contribution is -2.13. The third kappa shape index (κ3) is 3.95. The molecule has 0 saturated heterocycles. The van der Waals surface area contributed by atoms with E-state index in [0.717, 1.165) is 5.56 Å². The Labute approximate surface area is 145 Å². The molecule has 0 aliphatic heterocycles. The minimum absolute atomic E-state index is 0.212. The van der Waals surface area contributed by atoms with Crippen LogP contribution in [0.2, 0.25) is 0 Å². The molecule has 7 nitrogen and oxygen atoms in total. The fourth-order valence-electron chi connectivity index (χ4n) is 2.36. The van der Waals surface area contributed by atoms with Crippen molar-refractivity contribution in [2.45, 2.75) is 6.54 Å². The van der Waals surface area contributed by atoms with Gasteiger partial charge in [-0.3, -0.25) is 4.79 Å². The van der Waals surface area contributed by atoms with Gasteiger partial charge < -0.3 is 14.8 Å². The predicted molar refractivity (Wildman–Crippen MR) is 93.1 cm³/mol. The molecular weight excluding hydrogens is 320 g/mol. The van der Waals surface area contributed by atoms with Gasteiger partial charge in [-0.1, -0.05) is 12.1 Å². The number of rotatable bonds is 6. The van der Waals surface area contributed by atoms with E-state index in [9.17, 15) is 4.79 Å². The molecule has 0 bridgehead atoms. The van der Waals surface area contributed by atoms with E-state index in [2.05, 4.69) is 15.4 Å². The van der Waals surface area contributed by atoms with Crippen LogP contribution in [0, 0.1) is 0 Å². The molecule has 0 radical (unpaired) electrons. The van der Waals surface area contributed by atoms with Crippen LogP contribution in [0.4, 0.5) is 5.69 Å². The molecule has 1 N–H and O–H groups in total. The van der Waals surface area contributed by atoms with E-state index in [4.69, 9.17) is 9.47 Å². The SMILES string of the molecule is COc1ccc(NC(=O)c2ccc(Cn3cncn3)cc2)c(OC)c1. The largest absolute Gasteiger partial charge is 0.497 e. The zero-order chi connectivity index (χ0) is 17.6. The van der Waals surface area contributed by atoms with Gasteiger partial charge in [-0.05, 0) is 29.8 Å². The summed E-state index contributed by atoms with van der Waals surface area (Å²) < 4.78 is 12.2. The van der Waals surface area contributed by atoms with Crippen molar-refractivity contribution < 1.29 is 14.3 Å². The molecule has 0 atom stereocenters. The van der Waals surface area contributed by atoms with E-state index in [0.29, 0.717) is 29.3 Å². The molecule has 2 aromatic carbocycles. The Morgan fingerprint density at radius 1 is 1.12 bits per heavy atom. The maximum atomic E-state index is 12.4. The molecule has 3 rings (SSSR count). The number of carbonyl (C=O) groups is 1. The maximum absolute atomic E-state index is 12.4. The van der Waals surface area contributed by atoms with E-state index in [1.54, 1.807) is 55.6 Å². The summed E-state index contributed by atoms with van der Waals surface area (Å²) in [6.45, 7) is 0.605. The van der Waals surface area contributed by atoms with Crippen molar-refractivity contribution in [3.63, 3.8) is 0 Å². The van der Waals surface area contributed by atoms with Gasteiger partial charge in [0.15, 0.2) is 0 Å². The Morgan fingerprint density at radius 2 is 1.92 bits per heavy atom. The van der Waals surface area contributed by atoms with Crippen molar-refractivity contribution >= 4 is 11.6 Å². The third-order valence-corrected chi connectivity index (χ3v) is 3.68. The Bertz CT molecular complexity index is 845. The summed E-state index contributed by atoms with van der Waals surface area (Å²) in [7, 11) is 3.12. The van der Waals surface area contributed by atoms with Gasteiger partial charge in [0, 0.05) is 11.6 Å². The zero-order valence-electron chi connectivity index (χ0n) is 14.0. The fourth-order valence-corrected chi connectivity index (χ4v) is 2.36. The molecule has 128 valence electrons. The van der Waals surface area contributed by atoms with Crippen LogP contribution in [-0.4, -0.2) is 34.9 Å². The molecule has 1 aromatic heterocycles. The molecule has 0 unspecified atom stereocenters. The lowest BCUT2D eigenvalue weighted by Gasteiger charge is -2.12. The summed E-state index contributed by atoms with van der Waals surface area (Å²) in [5.41, 5.74) is 2.17. The first-order valence-electron chi connectivity index (χ1n) is 7.64. The second-order valence-corrected chi connectivity index (χ2v) is 5.31. The molecule has 0 fully saturated rings. The third-order valence-electron chi connectivity index (χ3n) is 3.68. The number of nitrogens with one attached hydrogen (secondary N) is 1. The highest BCUT2D eigenvalue weighted by Gasteiger charge is 2.11. The number of hydrogen-bond acceptors (Lipinski definition) is 5. The molecular formula is C18H18N4O3. The standard InChI is InChI=1S/C18H18N4O3/c1-24-15-7-8-16(17(9-15)25-2)21-18(23)14-5-3-13(4-6-14)10-22-12-19-11-20-22/h3-9,11-12H,10H2,1-2H3,(H,21,23). The molecule has 1 heterocycles. The molecule has 3 aromatic rings. The monoisotopic (exact) mass is 338 g/mol. The van der Waals surface area contributed by atoms with Gasteiger partial charge in [0.1, 0.15) is 24.2 Å². The summed E-state index contributed by atoms with van der Waals surface area (Å²) in [5.74, 6) is 0.985. The highest BCUT2D eigenvalue weighted by molar-refractivity contribution is 6.05. The lowest BCUT2D eigenvalue weighted by molar-refractivity contribution is 0.102. The summed E-state index contributed by atoms with van der Waals surface area (Å²) in [6, 6.07) is 12.6. The number of methoxy groups -OCH3 is 2. The first-order chi connectivity index (χ1) is 12.2. The number of amides is 1. The smallest absolute Gasteiger partial charge is 0.255 e. The summed E-state index contributed by atoms with van der Waals surface area (Å²) >= 11 is 0. The number of hydrogen-bond donors (Lipinski definition) is 1. The fraction of sp³-hybridized carbons (Fsp3) is 0.167. The Morgan fingerprint density at radius 3 is 2.56 bits per heavy atom. The number of ether oxygens (including phenoxy) is 2. The number of nitrogens with zero attached hydrogens (tertiary/aromatic N) is 3. The van der Waals surface area contributed by atoms with Gasteiger partial charge in [-0.15, -0.1) is 0 Å². The number of aromatic nitrogens is 3. The van der Waals surface area contributed by atoms with Crippen LogP contribution in [0.5, 0.6) is 11.5 Å². The first kappa shape index (κ1) is 16.5. The molecule has 0 saturated carbocycles. The van der Waals surface area contributed by atoms with Crippen molar-refractivity contribution in [2.75, 3.05) is 19.5 Å². The van der Waals surface area contributed by atoms with Crippen LogP contribution >= 0.6 is 0 Å². The second-order valence-electron chi connectivity index (χ2n) is 5.31. The van der Waals surface area contributed by atoms with E-state index < -0.39 is 0 Å². The summed E-state index contributed by atoms with van der Waals surface area (Å²) in [4.78, 5) is 16.3. The van der Waals surface area contributed by atoms with Gasteiger partial charge in [0.2, 0.25) is 0 Å². The van der Waals surface area contributed by atoms with Crippen LogP contribution in [-0.2, 0) is 6.54 Å². The minimum Gasteiger partial charge on any atom is -0.497 e. The molecule has 0 aliphatic carbocycles. The van der Waals surface area contributed by atoms with Crippen molar-refractivity contribution in [2.24, 2.45) is 0 Å². The average Bonchev–Trinajstić information content (AvgIpc) is 3.15. The van der Waals surface area contributed by atoms with E-state index in [1.807, 2.05) is 12.1 Å². The van der Waals surface area contributed by atoms with Gasteiger partial charge in [0.25, 0.3) is 5.91 Å². The number of anilines is 1. The topological polar surface area (TPSA) is 78.3 Å². The second kappa shape index (κ2) is 7.48. The molecule has 7 heteroatoms. The van der Waals surface area contributed by atoms with Gasteiger partial charge in [0.05, 0.1) is 26.5 Å². The van der Waals surface area contributed by atoms with Crippen molar-refractivity contribution in [1.29, 1.82) is 0 Å². The van der Waals surface area contributed by atoms with E-state index in [-0.39, 0.29) is 5.91 Å². The predicted octanol–water partition coefficient (Wildman–Crippen LogP) is 2.60. The first-order valence-corrected chi connectivity index (χ1v) is 7.64. The van der Waals surface area contributed by atoms with Crippen molar-refractivity contribution in [3.05, 3.63) is 66.2 Å². The minimum atomic E-state index is -0.212. The Kier molecular flexibility index (Phi) is 4.94.